The molecule has 2 rings (SSSR count). The number of rotatable bonds is 6. The first-order valence-corrected chi connectivity index (χ1v) is 7.20. The Hall–Kier alpha value is -0.870. The summed E-state index contributed by atoms with van der Waals surface area (Å²) in [5.41, 5.74) is 1.19. The number of nitrogens with one attached hydrogen (secondary N) is 2. The first kappa shape index (κ1) is 13.6. The van der Waals surface area contributed by atoms with Crippen LogP contribution in [0.1, 0.15) is 31.4 Å². The highest BCUT2D eigenvalue weighted by molar-refractivity contribution is 9.10. The van der Waals surface area contributed by atoms with Gasteiger partial charge in [-0.3, -0.25) is 4.79 Å². The van der Waals surface area contributed by atoms with E-state index in [9.17, 15) is 4.79 Å². The van der Waals surface area contributed by atoms with Crippen molar-refractivity contribution >= 4 is 21.8 Å². The summed E-state index contributed by atoms with van der Waals surface area (Å²) in [4.78, 5) is 11.6. The van der Waals surface area contributed by atoms with Crippen LogP contribution in [-0.4, -0.2) is 19.0 Å². The van der Waals surface area contributed by atoms with Gasteiger partial charge < -0.3 is 10.6 Å². The van der Waals surface area contributed by atoms with E-state index in [1.165, 1.54) is 18.4 Å². The molecule has 1 aromatic carbocycles. The molecule has 1 saturated carbocycles. The molecule has 0 aromatic heterocycles. The second kappa shape index (κ2) is 6.34. The molecule has 1 unspecified atom stereocenters. The topological polar surface area (TPSA) is 41.1 Å². The molecule has 1 aliphatic rings. The lowest BCUT2D eigenvalue weighted by Crippen LogP contribution is -2.36. The quantitative estimate of drug-likeness (QED) is 0.848. The monoisotopic (exact) mass is 310 g/mol. The summed E-state index contributed by atoms with van der Waals surface area (Å²) < 4.78 is 1.07. The van der Waals surface area contributed by atoms with E-state index in [1.807, 2.05) is 12.1 Å². The summed E-state index contributed by atoms with van der Waals surface area (Å²) in [6.45, 7) is 3.29. The lowest BCUT2D eigenvalue weighted by Gasteiger charge is -2.14. The van der Waals surface area contributed by atoms with Crippen molar-refractivity contribution < 1.29 is 4.79 Å². The Labute approximate surface area is 116 Å². The van der Waals surface area contributed by atoms with E-state index in [1.54, 1.807) is 0 Å². The number of halogens is 1. The predicted octanol–water partition coefficient (Wildman–Crippen LogP) is 2.63. The highest BCUT2D eigenvalue weighted by Gasteiger charge is 2.21. The maximum absolute atomic E-state index is 11.6. The van der Waals surface area contributed by atoms with E-state index in [0.29, 0.717) is 6.54 Å². The molecule has 1 fully saturated rings. The van der Waals surface area contributed by atoms with Crippen LogP contribution in [0.2, 0.25) is 0 Å². The normalized spacial score (nSPS) is 16.3. The highest BCUT2D eigenvalue weighted by Crippen LogP contribution is 2.27. The van der Waals surface area contributed by atoms with Crippen molar-refractivity contribution in [2.45, 2.75) is 25.8 Å². The number of amides is 1. The minimum absolute atomic E-state index is 0.0888. The molecule has 0 saturated heterocycles. The van der Waals surface area contributed by atoms with E-state index in [2.05, 4.69) is 45.6 Å². The van der Waals surface area contributed by atoms with Gasteiger partial charge in [0.1, 0.15) is 0 Å². The Morgan fingerprint density at radius 3 is 2.67 bits per heavy atom. The van der Waals surface area contributed by atoms with Crippen LogP contribution >= 0.6 is 15.9 Å². The maximum atomic E-state index is 11.6. The molecule has 1 aliphatic carbocycles. The van der Waals surface area contributed by atoms with Crippen LogP contribution in [0.3, 0.4) is 0 Å². The van der Waals surface area contributed by atoms with Crippen LogP contribution in [0.15, 0.2) is 28.7 Å². The average Bonchev–Trinajstić information content (AvgIpc) is 3.18. The Morgan fingerprint density at radius 1 is 1.39 bits per heavy atom. The Bertz CT molecular complexity index is 401. The largest absolute Gasteiger partial charge is 0.355 e. The molecule has 0 aliphatic heterocycles. The van der Waals surface area contributed by atoms with Crippen molar-refractivity contribution in [1.29, 1.82) is 0 Å². The SMILES string of the molecule is CC(NCC(=O)NCC1CC1)c1ccc(Br)cc1. The fraction of sp³-hybridized carbons (Fsp3) is 0.500. The lowest BCUT2D eigenvalue weighted by molar-refractivity contribution is -0.120. The number of hydrogen-bond donors (Lipinski definition) is 2. The number of hydrogen-bond acceptors (Lipinski definition) is 2. The van der Waals surface area contributed by atoms with E-state index < -0.39 is 0 Å². The lowest BCUT2D eigenvalue weighted by atomic mass is 10.1. The average molecular weight is 311 g/mol. The van der Waals surface area contributed by atoms with Crippen LogP contribution in [0.25, 0.3) is 0 Å². The minimum atomic E-state index is 0.0888. The van der Waals surface area contributed by atoms with Gasteiger partial charge in [-0.05, 0) is 43.4 Å². The third kappa shape index (κ3) is 4.42. The molecule has 1 amide bonds. The molecule has 3 nitrogen and oxygen atoms in total. The van der Waals surface area contributed by atoms with Crippen molar-refractivity contribution in [3.8, 4) is 0 Å². The van der Waals surface area contributed by atoms with Gasteiger partial charge >= 0.3 is 0 Å². The van der Waals surface area contributed by atoms with Crippen molar-refractivity contribution in [3.05, 3.63) is 34.3 Å². The van der Waals surface area contributed by atoms with Crippen LogP contribution < -0.4 is 10.6 Å². The first-order valence-electron chi connectivity index (χ1n) is 6.40. The second-order valence-electron chi connectivity index (χ2n) is 4.90. The molecular weight excluding hydrogens is 292 g/mol. The van der Waals surface area contributed by atoms with Crippen molar-refractivity contribution in [1.82, 2.24) is 10.6 Å². The molecule has 4 heteroatoms. The molecule has 0 bridgehead atoms. The van der Waals surface area contributed by atoms with E-state index in [4.69, 9.17) is 0 Å². The Kier molecular flexibility index (Phi) is 4.78. The zero-order valence-corrected chi connectivity index (χ0v) is 12.2. The number of carbonyl (C=O) groups excluding carboxylic acids is 1. The van der Waals surface area contributed by atoms with Gasteiger partial charge in [-0.25, -0.2) is 0 Å². The molecule has 18 heavy (non-hydrogen) atoms. The van der Waals surface area contributed by atoms with E-state index >= 15 is 0 Å². The van der Waals surface area contributed by atoms with Gasteiger partial charge in [-0.1, -0.05) is 28.1 Å². The summed E-state index contributed by atoms with van der Waals surface area (Å²) in [6.07, 6.45) is 2.53. The standard InChI is InChI=1S/C14H19BrN2O/c1-10(12-4-6-13(15)7-5-12)16-9-14(18)17-8-11-2-3-11/h4-7,10-11,16H,2-3,8-9H2,1H3,(H,17,18). The van der Waals surface area contributed by atoms with Crippen molar-refractivity contribution in [2.24, 2.45) is 5.92 Å². The smallest absolute Gasteiger partial charge is 0.233 e. The molecule has 1 atom stereocenters. The van der Waals surface area contributed by atoms with Crippen molar-refractivity contribution in [2.75, 3.05) is 13.1 Å². The minimum Gasteiger partial charge on any atom is -0.355 e. The van der Waals surface area contributed by atoms with Gasteiger partial charge in [0.2, 0.25) is 5.91 Å². The summed E-state index contributed by atoms with van der Waals surface area (Å²) >= 11 is 3.41. The Balaban J connectivity index is 1.71. The summed E-state index contributed by atoms with van der Waals surface area (Å²) in [5.74, 6) is 0.823. The van der Waals surface area contributed by atoms with Gasteiger partial charge in [-0.2, -0.15) is 0 Å². The molecule has 0 heterocycles. The maximum Gasteiger partial charge on any atom is 0.233 e. The molecule has 98 valence electrons. The molecule has 1 aromatic rings. The van der Waals surface area contributed by atoms with Gasteiger partial charge in [0.25, 0.3) is 0 Å². The summed E-state index contributed by atoms with van der Waals surface area (Å²) in [6, 6.07) is 8.33. The Morgan fingerprint density at radius 2 is 2.06 bits per heavy atom. The van der Waals surface area contributed by atoms with Crippen LogP contribution in [0, 0.1) is 5.92 Å². The van der Waals surface area contributed by atoms with Crippen LogP contribution in [0.5, 0.6) is 0 Å². The van der Waals surface area contributed by atoms with E-state index in [-0.39, 0.29) is 11.9 Å². The summed E-state index contributed by atoms with van der Waals surface area (Å²) in [5, 5.41) is 6.19. The summed E-state index contributed by atoms with van der Waals surface area (Å²) in [7, 11) is 0. The van der Waals surface area contributed by atoms with Crippen molar-refractivity contribution in [3.63, 3.8) is 0 Å². The number of carbonyl (C=O) groups is 1. The van der Waals surface area contributed by atoms with E-state index in [0.717, 1.165) is 16.9 Å². The van der Waals surface area contributed by atoms with Crippen LogP contribution in [-0.2, 0) is 4.79 Å². The van der Waals surface area contributed by atoms with Gasteiger partial charge in [0, 0.05) is 17.1 Å². The highest BCUT2D eigenvalue weighted by atomic mass is 79.9. The molecule has 2 N–H and O–H groups in total. The van der Waals surface area contributed by atoms with Gasteiger partial charge in [0.15, 0.2) is 0 Å². The molecular formula is C14H19BrN2O. The third-order valence-electron chi connectivity index (χ3n) is 3.22. The van der Waals surface area contributed by atoms with Crippen LogP contribution in [0.4, 0.5) is 0 Å². The van der Waals surface area contributed by atoms with Gasteiger partial charge in [0.05, 0.1) is 6.54 Å². The fourth-order valence-electron chi connectivity index (χ4n) is 1.76. The predicted molar refractivity (Wildman–Crippen MR) is 76.3 cm³/mol. The zero-order chi connectivity index (χ0) is 13.0. The van der Waals surface area contributed by atoms with Gasteiger partial charge in [-0.15, -0.1) is 0 Å². The third-order valence-corrected chi connectivity index (χ3v) is 3.75. The molecule has 0 radical (unpaired) electrons. The fourth-order valence-corrected chi connectivity index (χ4v) is 2.02. The zero-order valence-electron chi connectivity index (χ0n) is 10.6. The molecule has 0 spiro atoms. The second-order valence-corrected chi connectivity index (χ2v) is 5.82. The number of benzene rings is 1. The first-order chi connectivity index (χ1) is 8.65.